The van der Waals surface area contributed by atoms with Crippen LogP contribution in [0, 0.1) is 0 Å². The fraction of sp³-hybridized carbons (Fsp3) is 0.409. The minimum absolute atomic E-state index is 0.106. The maximum absolute atomic E-state index is 12.2. The van der Waals surface area contributed by atoms with E-state index in [1.54, 1.807) is 18.1 Å². The molecular formula is C22H29N5O3. The van der Waals surface area contributed by atoms with Crippen molar-refractivity contribution in [3.8, 4) is 0 Å². The summed E-state index contributed by atoms with van der Waals surface area (Å²) in [6.45, 7) is 4.29. The summed E-state index contributed by atoms with van der Waals surface area (Å²) in [6, 6.07) is 13.5. The predicted octanol–water partition coefficient (Wildman–Crippen LogP) is 1.77. The van der Waals surface area contributed by atoms with Gasteiger partial charge >= 0.3 is 6.03 Å². The summed E-state index contributed by atoms with van der Waals surface area (Å²) in [5, 5.41) is 5.68. The lowest BCUT2D eigenvalue weighted by atomic mass is 10.2. The van der Waals surface area contributed by atoms with Crippen molar-refractivity contribution in [1.29, 1.82) is 0 Å². The second-order valence-corrected chi connectivity index (χ2v) is 7.22. The Hall–Kier alpha value is -3.13. The molecule has 160 valence electrons. The third kappa shape index (κ3) is 6.73. The Morgan fingerprint density at radius 3 is 2.63 bits per heavy atom. The molecule has 0 aliphatic carbocycles. The minimum atomic E-state index is -0.198. The highest BCUT2D eigenvalue weighted by molar-refractivity contribution is 5.78. The van der Waals surface area contributed by atoms with Crippen molar-refractivity contribution in [2.75, 3.05) is 44.8 Å². The number of anilines is 1. The van der Waals surface area contributed by atoms with Gasteiger partial charge in [0, 0.05) is 52.4 Å². The van der Waals surface area contributed by atoms with Crippen molar-refractivity contribution >= 4 is 17.8 Å². The van der Waals surface area contributed by atoms with Crippen LogP contribution in [0.15, 0.2) is 48.7 Å². The third-order valence-corrected chi connectivity index (χ3v) is 4.87. The molecular weight excluding hydrogens is 382 g/mol. The number of urea groups is 1. The number of aromatic nitrogens is 1. The van der Waals surface area contributed by atoms with E-state index in [9.17, 15) is 9.59 Å². The number of morpholine rings is 1. The van der Waals surface area contributed by atoms with Crippen molar-refractivity contribution in [2.45, 2.75) is 19.5 Å². The number of carbonyl (C=O) groups excluding carboxylic acids is 2. The second kappa shape index (κ2) is 11.2. The van der Waals surface area contributed by atoms with Gasteiger partial charge in [0.05, 0.1) is 13.2 Å². The molecule has 8 heteroatoms. The van der Waals surface area contributed by atoms with Crippen molar-refractivity contribution < 1.29 is 14.3 Å². The molecule has 3 amide bonds. The van der Waals surface area contributed by atoms with Crippen molar-refractivity contribution in [1.82, 2.24) is 20.5 Å². The average Bonchev–Trinajstić information content (AvgIpc) is 2.79. The normalized spacial score (nSPS) is 13.6. The lowest BCUT2D eigenvalue weighted by molar-refractivity contribution is -0.121. The molecule has 3 rings (SSSR count). The zero-order valence-electron chi connectivity index (χ0n) is 17.3. The molecule has 2 aromatic rings. The van der Waals surface area contributed by atoms with Crippen LogP contribution in [0.4, 0.5) is 10.6 Å². The van der Waals surface area contributed by atoms with E-state index in [-0.39, 0.29) is 18.4 Å². The summed E-state index contributed by atoms with van der Waals surface area (Å²) in [5.74, 6) is 0.796. The van der Waals surface area contributed by atoms with Crippen LogP contribution < -0.4 is 15.5 Å². The summed E-state index contributed by atoms with van der Waals surface area (Å²) >= 11 is 0. The van der Waals surface area contributed by atoms with Gasteiger partial charge in [-0.05, 0) is 23.3 Å². The summed E-state index contributed by atoms with van der Waals surface area (Å²) < 4.78 is 5.37. The maximum Gasteiger partial charge on any atom is 0.317 e. The molecule has 30 heavy (non-hydrogen) atoms. The van der Waals surface area contributed by atoms with E-state index in [2.05, 4.69) is 20.5 Å². The summed E-state index contributed by atoms with van der Waals surface area (Å²) in [6.07, 6.45) is 1.99. The second-order valence-electron chi connectivity index (χ2n) is 7.22. The van der Waals surface area contributed by atoms with Crippen LogP contribution >= 0.6 is 0 Å². The van der Waals surface area contributed by atoms with Crippen LogP contribution in [0.3, 0.4) is 0 Å². The fourth-order valence-corrected chi connectivity index (χ4v) is 3.17. The molecule has 2 heterocycles. The van der Waals surface area contributed by atoms with Gasteiger partial charge in [-0.3, -0.25) is 4.79 Å². The largest absolute Gasteiger partial charge is 0.378 e. The highest BCUT2D eigenvalue weighted by Crippen LogP contribution is 2.14. The first-order chi connectivity index (χ1) is 14.6. The van der Waals surface area contributed by atoms with Gasteiger partial charge in [0.1, 0.15) is 5.82 Å². The third-order valence-electron chi connectivity index (χ3n) is 4.87. The lowest BCUT2D eigenvalue weighted by Gasteiger charge is -2.28. The van der Waals surface area contributed by atoms with Crippen LogP contribution in [0.2, 0.25) is 0 Å². The standard InChI is InChI=1S/C22H29N5O3/c1-26(17-18-5-3-2-4-6-18)22(29)24-10-8-21(28)25-16-19-7-9-23-20(15-19)27-11-13-30-14-12-27/h2-7,9,15H,8,10-14,16-17H2,1H3,(H,24,29)(H,25,28). The Balaban J connectivity index is 1.36. The van der Waals surface area contributed by atoms with E-state index >= 15 is 0 Å². The number of pyridine rings is 1. The first kappa shape index (κ1) is 21.6. The zero-order valence-corrected chi connectivity index (χ0v) is 17.3. The Morgan fingerprint density at radius 2 is 1.87 bits per heavy atom. The van der Waals surface area contributed by atoms with E-state index < -0.39 is 0 Å². The quantitative estimate of drug-likeness (QED) is 0.691. The van der Waals surface area contributed by atoms with Gasteiger partial charge < -0.3 is 25.2 Å². The Morgan fingerprint density at radius 1 is 1.10 bits per heavy atom. The molecule has 1 aromatic heterocycles. The van der Waals surface area contributed by atoms with Crippen LogP contribution in [-0.2, 0) is 22.6 Å². The van der Waals surface area contributed by atoms with Gasteiger partial charge in [0.15, 0.2) is 0 Å². The number of hydrogen-bond donors (Lipinski definition) is 2. The minimum Gasteiger partial charge on any atom is -0.378 e. The van der Waals surface area contributed by atoms with Gasteiger partial charge in [-0.2, -0.15) is 0 Å². The number of carbonyl (C=O) groups is 2. The molecule has 0 radical (unpaired) electrons. The van der Waals surface area contributed by atoms with Crippen LogP contribution in [0.25, 0.3) is 0 Å². The molecule has 1 saturated heterocycles. The Bertz CT molecular complexity index is 825. The van der Waals surface area contributed by atoms with Crippen LogP contribution in [0.5, 0.6) is 0 Å². The van der Waals surface area contributed by atoms with Crippen molar-refractivity contribution in [3.05, 3.63) is 59.8 Å². The number of nitrogens with zero attached hydrogens (tertiary/aromatic N) is 3. The highest BCUT2D eigenvalue weighted by Gasteiger charge is 2.13. The fourth-order valence-electron chi connectivity index (χ4n) is 3.17. The summed E-state index contributed by atoms with van der Waals surface area (Å²) in [7, 11) is 1.73. The topological polar surface area (TPSA) is 86.8 Å². The molecule has 0 spiro atoms. The summed E-state index contributed by atoms with van der Waals surface area (Å²) in [5.41, 5.74) is 2.05. The van der Waals surface area contributed by atoms with Crippen molar-refractivity contribution in [2.24, 2.45) is 0 Å². The molecule has 0 unspecified atom stereocenters. The number of hydrogen-bond acceptors (Lipinski definition) is 5. The van der Waals surface area contributed by atoms with Gasteiger partial charge in [-0.25, -0.2) is 9.78 Å². The molecule has 0 atom stereocenters. The van der Waals surface area contributed by atoms with E-state index in [0.717, 1.165) is 30.0 Å². The van der Waals surface area contributed by atoms with E-state index in [4.69, 9.17) is 4.74 Å². The molecule has 0 bridgehead atoms. The Kier molecular flexibility index (Phi) is 8.02. The Labute approximate surface area is 177 Å². The molecule has 0 saturated carbocycles. The zero-order chi connectivity index (χ0) is 21.2. The van der Waals surface area contributed by atoms with Crippen LogP contribution in [-0.4, -0.2) is 61.7 Å². The molecule has 1 aromatic carbocycles. The molecule has 1 fully saturated rings. The highest BCUT2D eigenvalue weighted by atomic mass is 16.5. The molecule has 2 N–H and O–H groups in total. The van der Waals surface area contributed by atoms with Crippen molar-refractivity contribution in [3.63, 3.8) is 0 Å². The van der Waals surface area contributed by atoms with E-state index in [1.807, 2.05) is 42.5 Å². The summed E-state index contributed by atoms with van der Waals surface area (Å²) in [4.78, 5) is 32.5. The number of rotatable bonds is 8. The number of nitrogens with one attached hydrogen (secondary N) is 2. The monoisotopic (exact) mass is 411 g/mol. The average molecular weight is 412 g/mol. The van der Waals surface area contributed by atoms with E-state index in [0.29, 0.717) is 32.8 Å². The van der Waals surface area contributed by atoms with Gasteiger partial charge in [-0.15, -0.1) is 0 Å². The number of benzene rings is 1. The lowest BCUT2D eigenvalue weighted by Crippen LogP contribution is -2.38. The predicted molar refractivity (Wildman–Crippen MR) is 115 cm³/mol. The molecule has 1 aliphatic heterocycles. The first-order valence-electron chi connectivity index (χ1n) is 10.2. The number of amides is 3. The van der Waals surface area contributed by atoms with Gasteiger partial charge in [0.25, 0.3) is 0 Å². The molecule has 8 nitrogen and oxygen atoms in total. The molecule has 1 aliphatic rings. The van der Waals surface area contributed by atoms with Crippen LogP contribution in [0.1, 0.15) is 17.5 Å². The van der Waals surface area contributed by atoms with E-state index in [1.165, 1.54) is 0 Å². The van der Waals surface area contributed by atoms with Gasteiger partial charge in [0.2, 0.25) is 5.91 Å². The first-order valence-corrected chi connectivity index (χ1v) is 10.2. The van der Waals surface area contributed by atoms with Gasteiger partial charge in [-0.1, -0.05) is 30.3 Å². The smallest absolute Gasteiger partial charge is 0.317 e. The SMILES string of the molecule is CN(Cc1ccccc1)C(=O)NCCC(=O)NCc1ccnc(N2CCOCC2)c1. The maximum atomic E-state index is 12.2. The number of ether oxygens (including phenoxy) is 1.